The normalized spacial score (nSPS) is 29.8. The molecular formula is C9H16O3. The Hall–Kier alpha value is -0.570. The quantitative estimate of drug-likeness (QED) is 0.634. The molecular weight excluding hydrogens is 156 g/mol. The largest absolute Gasteiger partial charge is 0.466 e. The van der Waals surface area contributed by atoms with Crippen LogP contribution in [0, 0.1) is 5.92 Å². The van der Waals surface area contributed by atoms with Crippen LogP contribution in [-0.4, -0.2) is 23.8 Å². The molecule has 12 heavy (non-hydrogen) atoms. The number of hydrogen-bond acceptors (Lipinski definition) is 3. The molecule has 0 heterocycles. The van der Waals surface area contributed by atoms with Crippen LogP contribution in [0.4, 0.5) is 0 Å². The first-order valence-electron chi connectivity index (χ1n) is 4.58. The number of carbonyl (C=O) groups excluding carboxylic acids is 1. The number of aliphatic hydroxyl groups excluding tert-OH is 1. The molecule has 1 saturated carbocycles. The van der Waals surface area contributed by atoms with Crippen LogP contribution in [-0.2, 0) is 9.53 Å². The van der Waals surface area contributed by atoms with Crippen LogP contribution in [0.3, 0.4) is 0 Å². The van der Waals surface area contributed by atoms with Gasteiger partial charge in [-0.05, 0) is 26.2 Å². The number of rotatable bonds is 2. The minimum absolute atomic E-state index is 0.0614. The van der Waals surface area contributed by atoms with Crippen LogP contribution in [0.15, 0.2) is 0 Å². The average Bonchev–Trinajstić information content (AvgIpc) is 2.05. The Labute approximate surface area is 72.7 Å². The number of hydrogen-bond donors (Lipinski definition) is 1. The molecule has 0 amide bonds. The van der Waals surface area contributed by atoms with E-state index in [0.29, 0.717) is 13.0 Å². The highest BCUT2D eigenvalue weighted by Crippen LogP contribution is 2.24. The van der Waals surface area contributed by atoms with E-state index in [1.54, 1.807) is 6.92 Å². The standard InChI is InChI=1S/C9H16O3/c1-2-12-9(11)7-4-3-5-8(10)6-7/h7-8,10H,2-6H2,1H3/t7-,8-/m0/s1. The van der Waals surface area contributed by atoms with Crippen LogP contribution in [0.2, 0.25) is 0 Å². The molecule has 0 aromatic carbocycles. The third-order valence-corrected chi connectivity index (χ3v) is 2.27. The molecule has 1 aliphatic carbocycles. The third-order valence-electron chi connectivity index (χ3n) is 2.27. The third kappa shape index (κ3) is 2.48. The van der Waals surface area contributed by atoms with Gasteiger partial charge < -0.3 is 9.84 Å². The fraction of sp³-hybridized carbons (Fsp3) is 0.889. The average molecular weight is 172 g/mol. The molecule has 0 radical (unpaired) electrons. The predicted molar refractivity (Wildman–Crippen MR) is 44.6 cm³/mol. The molecule has 1 aliphatic rings. The number of esters is 1. The number of aliphatic hydroxyl groups is 1. The van der Waals surface area contributed by atoms with Gasteiger partial charge in [-0.15, -0.1) is 0 Å². The van der Waals surface area contributed by atoms with Crippen LogP contribution in [0.25, 0.3) is 0 Å². The lowest BCUT2D eigenvalue weighted by molar-refractivity contribution is -0.150. The van der Waals surface area contributed by atoms with Crippen LogP contribution >= 0.6 is 0 Å². The highest BCUT2D eigenvalue weighted by molar-refractivity contribution is 5.72. The minimum Gasteiger partial charge on any atom is -0.466 e. The maximum atomic E-state index is 11.2. The van der Waals surface area contributed by atoms with Crippen molar-refractivity contribution in [2.24, 2.45) is 5.92 Å². The van der Waals surface area contributed by atoms with Crippen molar-refractivity contribution in [3.8, 4) is 0 Å². The summed E-state index contributed by atoms with van der Waals surface area (Å²) in [7, 11) is 0. The molecule has 2 atom stereocenters. The minimum atomic E-state index is -0.298. The molecule has 0 spiro atoms. The summed E-state index contributed by atoms with van der Waals surface area (Å²) in [6.45, 7) is 2.24. The highest BCUT2D eigenvalue weighted by Gasteiger charge is 2.26. The summed E-state index contributed by atoms with van der Waals surface area (Å²) >= 11 is 0. The van der Waals surface area contributed by atoms with Crippen molar-refractivity contribution >= 4 is 5.97 Å². The summed E-state index contributed by atoms with van der Waals surface area (Å²) in [6, 6.07) is 0. The van der Waals surface area contributed by atoms with Crippen molar-refractivity contribution in [1.82, 2.24) is 0 Å². The van der Waals surface area contributed by atoms with E-state index in [9.17, 15) is 9.90 Å². The van der Waals surface area contributed by atoms with Gasteiger partial charge in [-0.3, -0.25) is 4.79 Å². The summed E-state index contributed by atoms with van der Waals surface area (Å²) in [5, 5.41) is 9.29. The van der Waals surface area contributed by atoms with E-state index in [2.05, 4.69) is 0 Å². The zero-order chi connectivity index (χ0) is 8.97. The predicted octanol–water partition coefficient (Wildman–Crippen LogP) is 1.10. The molecule has 1 fully saturated rings. The Morgan fingerprint density at radius 3 is 2.92 bits per heavy atom. The molecule has 0 aliphatic heterocycles. The Morgan fingerprint density at radius 1 is 1.58 bits per heavy atom. The van der Waals surface area contributed by atoms with Gasteiger partial charge in [-0.2, -0.15) is 0 Å². The number of carbonyl (C=O) groups is 1. The molecule has 70 valence electrons. The van der Waals surface area contributed by atoms with E-state index in [1.165, 1.54) is 0 Å². The van der Waals surface area contributed by atoms with E-state index in [1.807, 2.05) is 0 Å². The first kappa shape index (κ1) is 9.52. The molecule has 3 heteroatoms. The van der Waals surface area contributed by atoms with Gasteiger partial charge in [0.2, 0.25) is 0 Å². The molecule has 0 bridgehead atoms. The van der Waals surface area contributed by atoms with Crippen molar-refractivity contribution in [3.05, 3.63) is 0 Å². The van der Waals surface area contributed by atoms with Crippen LogP contribution < -0.4 is 0 Å². The Balaban J connectivity index is 2.35. The first-order valence-corrected chi connectivity index (χ1v) is 4.58. The Kier molecular flexibility index (Phi) is 3.53. The van der Waals surface area contributed by atoms with Gasteiger partial charge in [0.1, 0.15) is 0 Å². The van der Waals surface area contributed by atoms with Crippen molar-refractivity contribution in [3.63, 3.8) is 0 Å². The van der Waals surface area contributed by atoms with E-state index < -0.39 is 0 Å². The lowest BCUT2D eigenvalue weighted by Gasteiger charge is -2.23. The summed E-state index contributed by atoms with van der Waals surface area (Å²) in [4.78, 5) is 11.2. The Morgan fingerprint density at radius 2 is 2.33 bits per heavy atom. The second kappa shape index (κ2) is 4.45. The van der Waals surface area contributed by atoms with E-state index in [-0.39, 0.29) is 18.0 Å². The van der Waals surface area contributed by atoms with Crippen LogP contribution in [0.5, 0.6) is 0 Å². The van der Waals surface area contributed by atoms with Gasteiger partial charge in [-0.1, -0.05) is 6.42 Å². The summed E-state index contributed by atoms with van der Waals surface area (Å²) < 4.78 is 4.88. The molecule has 0 unspecified atom stereocenters. The van der Waals surface area contributed by atoms with Crippen LogP contribution in [0.1, 0.15) is 32.6 Å². The van der Waals surface area contributed by atoms with E-state index >= 15 is 0 Å². The maximum Gasteiger partial charge on any atom is 0.309 e. The lowest BCUT2D eigenvalue weighted by atomic mass is 9.87. The van der Waals surface area contributed by atoms with Gasteiger partial charge in [0.05, 0.1) is 18.6 Å². The van der Waals surface area contributed by atoms with E-state index in [0.717, 1.165) is 19.3 Å². The molecule has 0 aromatic heterocycles. The first-order chi connectivity index (χ1) is 5.74. The topological polar surface area (TPSA) is 46.5 Å². The number of ether oxygens (including phenoxy) is 1. The molecule has 0 saturated heterocycles. The van der Waals surface area contributed by atoms with Crippen molar-refractivity contribution in [1.29, 1.82) is 0 Å². The van der Waals surface area contributed by atoms with Gasteiger partial charge >= 0.3 is 5.97 Å². The van der Waals surface area contributed by atoms with Crippen molar-refractivity contribution < 1.29 is 14.6 Å². The monoisotopic (exact) mass is 172 g/mol. The zero-order valence-electron chi connectivity index (χ0n) is 7.45. The van der Waals surface area contributed by atoms with Crippen molar-refractivity contribution in [2.75, 3.05) is 6.61 Å². The fourth-order valence-corrected chi connectivity index (χ4v) is 1.64. The molecule has 1 N–H and O–H groups in total. The van der Waals surface area contributed by atoms with Gasteiger partial charge in [0.25, 0.3) is 0 Å². The highest BCUT2D eigenvalue weighted by atomic mass is 16.5. The SMILES string of the molecule is CCOC(=O)[C@H]1CCC[C@H](O)C1. The van der Waals surface area contributed by atoms with Gasteiger partial charge in [0.15, 0.2) is 0 Å². The zero-order valence-corrected chi connectivity index (χ0v) is 7.45. The summed E-state index contributed by atoms with van der Waals surface area (Å²) in [5.74, 6) is -0.204. The van der Waals surface area contributed by atoms with Crippen molar-refractivity contribution in [2.45, 2.75) is 38.7 Å². The maximum absolute atomic E-state index is 11.2. The van der Waals surface area contributed by atoms with E-state index in [4.69, 9.17) is 4.74 Å². The summed E-state index contributed by atoms with van der Waals surface area (Å²) in [5.41, 5.74) is 0. The van der Waals surface area contributed by atoms with Gasteiger partial charge in [-0.25, -0.2) is 0 Å². The molecule has 0 aromatic rings. The summed E-state index contributed by atoms with van der Waals surface area (Å²) in [6.07, 6.45) is 2.92. The lowest BCUT2D eigenvalue weighted by Crippen LogP contribution is -2.27. The molecule has 1 rings (SSSR count). The second-order valence-electron chi connectivity index (χ2n) is 3.27. The Bertz CT molecular complexity index is 156. The fourth-order valence-electron chi connectivity index (χ4n) is 1.64. The molecule has 3 nitrogen and oxygen atoms in total. The van der Waals surface area contributed by atoms with Gasteiger partial charge in [0, 0.05) is 0 Å². The smallest absolute Gasteiger partial charge is 0.309 e. The second-order valence-corrected chi connectivity index (χ2v) is 3.27.